The summed E-state index contributed by atoms with van der Waals surface area (Å²) in [5.41, 5.74) is 2.48. The second kappa shape index (κ2) is 7.29. The molecule has 0 radical (unpaired) electrons. The standard InChI is InChI=1S/C14H23NO/c1-3-5-6-12-7-9-13(10-8-12)15-11-14(16)4-2/h7-10,14-16H,3-6,11H2,1-2H3. The number of hydrogen-bond donors (Lipinski definition) is 2. The second-order valence-corrected chi connectivity index (χ2v) is 4.24. The van der Waals surface area contributed by atoms with E-state index in [1.807, 2.05) is 6.92 Å². The predicted octanol–water partition coefficient (Wildman–Crippen LogP) is 3.21. The molecule has 2 heteroatoms. The fourth-order valence-corrected chi connectivity index (χ4v) is 1.55. The molecule has 2 nitrogen and oxygen atoms in total. The Labute approximate surface area is 98.7 Å². The maximum Gasteiger partial charge on any atom is 0.0709 e. The van der Waals surface area contributed by atoms with Crippen molar-refractivity contribution >= 4 is 5.69 Å². The molecule has 90 valence electrons. The number of anilines is 1. The van der Waals surface area contributed by atoms with Gasteiger partial charge in [0.05, 0.1) is 6.10 Å². The van der Waals surface area contributed by atoms with Crippen LogP contribution in [0.15, 0.2) is 24.3 Å². The molecule has 1 aromatic rings. The highest BCUT2D eigenvalue weighted by molar-refractivity contribution is 5.44. The Morgan fingerprint density at radius 2 is 1.88 bits per heavy atom. The summed E-state index contributed by atoms with van der Waals surface area (Å²) in [5, 5.41) is 12.7. The van der Waals surface area contributed by atoms with Gasteiger partial charge in [-0.15, -0.1) is 0 Å². The van der Waals surface area contributed by atoms with Crippen molar-refractivity contribution < 1.29 is 5.11 Å². The number of aryl methyl sites for hydroxylation is 1. The first-order valence-corrected chi connectivity index (χ1v) is 6.27. The van der Waals surface area contributed by atoms with Gasteiger partial charge in [-0.3, -0.25) is 0 Å². The van der Waals surface area contributed by atoms with Gasteiger partial charge in [-0.2, -0.15) is 0 Å². The third kappa shape index (κ3) is 4.67. The van der Waals surface area contributed by atoms with Crippen LogP contribution in [-0.2, 0) is 6.42 Å². The van der Waals surface area contributed by atoms with Crippen LogP contribution in [0, 0.1) is 0 Å². The molecule has 1 unspecified atom stereocenters. The van der Waals surface area contributed by atoms with Crippen LogP contribution in [0.3, 0.4) is 0 Å². The number of benzene rings is 1. The van der Waals surface area contributed by atoms with Gasteiger partial charge in [-0.1, -0.05) is 32.4 Å². The fourth-order valence-electron chi connectivity index (χ4n) is 1.55. The lowest BCUT2D eigenvalue weighted by Crippen LogP contribution is -2.18. The molecule has 1 atom stereocenters. The molecule has 0 aromatic heterocycles. The average Bonchev–Trinajstić information content (AvgIpc) is 2.34. The van der Waals surface area contributed by atoms with Crippen LogP contribution in [0.5, 0.6) is 0 Å². The molecular formula is C14H23NO. The summed E-state index contributed by atoms with van der Waals surface area (Å²) in [6.45, 7) is 4.83. The van der Waals surface area contributed by atoms with E-state index in [1.54, 1.807) is 0 Å². The number of aliphatic hydroxyl groups is 1. The van der Waals surface area contributed by atoms with Crippen LogP contribution in [0.1, 0.15) is 38.7 Å². The molecule has 0 aliphatic rings. The molecule has 2 N–H and O–H groups in total. The number of rotatable bonds is 7. The maximum absolute atomic E-state index is 9.43. The molecule has 0 amide bonds. The van der Waals surface area contributed by atoms with Crippen LogP contribution >= 0.6 is 0 Å². The molecule has 1 rings (SSSR count). The van der Waals surface area contributed by atoms with E-state index >= 15 is 0 Å². The van der Waals surface area contributed by atoms with Gasteiger partial charge in [0.15, 0.2) is 0 Å². The van der Waals surface area contributed by atoms with Gasteiger partial charge in [-0.05, 0) is 37.0 Å². The first kappa shape index (κ1) is 13.0. The van der Waals surface area contributed by atoms with Crippen LogP contribution in [0.2, 0.25) is 0 Å². The van der Waals surface area contributed by atoms with E-state index in [0.29, 0.717) is 6.54 Å². The zero-order chi connectivity index (χ0) is 11.8. The quantitative estimate of drug-likeness (QED) is 0.741. The Morgan fingerprint density at radius 3 is 2.44 bits per heavy atom. The van der Waals surface area contributed by atoms with E-state index in [2.05, 4.69) is 36.5 Å². The number of nitrogens with one attached hydrogen (secondary N) is 1. The molecule has 0 spiro atoms. The van der Waals surface area contributed by atoms with Crippen molar-refractivity contribution in [1.82, 2.24) is 0 Å². The number of aliphatic hydroxyl groups excluding tert-OH is 1. The summed E-state index contributed by atoms with van der Waals surface area (Å²) in [6, 6.07) is 8.51. The van der Waals surface area contributed by atoms with Gasteiger partial charge in [0, 0.05) is 12.2 Å². The topological polar surface area (TPSA) is 32.3 Å². The summed E-state index contributed by atoms with van der Waals surface area (Å²) in [6.07, 6.45) is 4.19. The molecule has 1 aromatic carbocycles. The minimum absolute atomic E-state index is 0.250. The van der Waals surface area contributed by atoms with Gasteiger partial charge >= 0.3 is 0 Å². The SMILES string of the molecule is CCCCc1ccc(NCC(O)CC)cc1. The van der Waals surface area contributed by atoms with Crippen LogP contribution < -0.4 is 5.32 Å². The van der Waals surface area contributed by atoms with E-state index in [9.17, 15) is 5.11 Å². The summed E-state index contributed by atoms with van der Waals surface area (Å²) in [7, 11) is 0. The molecule has 16 heavy (non-hydrogen) atoms. The highest BCUT2D eigenvalue weighted by atomic mass is 16.3. The summed E-state index contributed by atoms with van der Waals surface area (Å²) < 4.78 is 0. The molecule has 0 aliphatic carbocycles. The third-order valence-corrected chi connectivity index (χ3v) is 2.79. The van der Waals surface area contributed by atoms with Crippen molar-refractivity contribution in [2.45, 2.75) is 45.6 Å². The van der Waals surface area contributed by atoms with Gasteiger partial charge in [0.2, 0.25) is 0 Å². The Bertz CT molecular complexity index is 281. The van der Waals surface area contributed by atoms with E-state index in [0.717, 1.165) is 18.5 Å². The number of unbranched alkanes of at least 4 members (excludes halogenated alkanes) is 1. The Morgan fingerprint density at radius 1 is 1.19 bits per heavy atom. The van der Waals surface area contributed by atoms with Gasteiger partial charge in [0.1, 0.15) is 0 Å². The zero-order valence-corrected chi connectivity index (χ0v) is 10.4. The van der Waals surface area contributed by atoms with E-state index in [4.69, 9.17) is 0 Å². The van der Waals surface area contributed by atoms with Crippen molar-refractivity contribution in [3.8, 4) is 0 Å². The summed E-state index contributed by atoms with van der Waals surface area (Å²) >= 11 is 0. The maximum atomic E-state index is 9.43. The van der Waals surface area contributed by atoms with Crippen LogP contribution in [-0.4, -0.2) is 17.8 Å². The Kier molecular flexibility index (Phi) is 5.94. The molecule has 0 saturated heterocycles. The molecule has 0 heterocycles. The second-order valence-electron chi connectivity index (χ2n) is 4.24. The summed E-state index contributed by atoms with van der Waals surface area (Å²) in [5.74, 6) is 0. The average molecular weight is 221 g/mol. The van der Waals surface area contributed by atoms with E-state index in [1.165, 1.54) is 18.4 Å². The minimum Gasteiger partial charge on any atom is -0.391 e. The Balaban J connectivity index is 2.38. The van der Waals surface area contributed by atoms with E-state index in [-0.39, 0.29) is 6.10 Å². The van der Waals surface area contributed by atoms with Crippen LogP contribution in [0.25, 0.3) is 0 Å². The zero-order valence-electron chi connectivity index (χ0n) is 10.4. The lowest BCUT2D eigenvalue weighted by atomic mass is 10.1. The molecule has 0 aliphatic heterocycles. The lowest BCUT2D eigenvalue weighted by Gasteiger charge is -2.11. The van der Waals surface area contributed by atoms with E-state index < -0.39 is 0 Å². The molecular weight excluding hydrogens is 198 g/mol. The summed E-state index contributed by atoms with van der Waals surface area (Å²) in [4.78, 5) is 0. The van der Waals surface area contributed by atoms with Gasteiger partial charge in [0.25, 0.3) is 0 Å². The van der Waals surface area contributed by atoms with Crippen LogP contribution in [0.4, 0.5) is 5.69 Å². The Hall–Kier alpha value is -1.02. The molecule has 0 saturated carbocycles. The van der Waals surface area contributed by atoms with Crippen molar-refractivity contribution in [2.75, 3.05) is 11.9 Å². The monoisotopic (exact) mass is 221 g/mol. The highest BCUT2D eigenvalue weighted by Gasteiger charge is 2.00. The largest absolute Gasteiger partial charge is 0.391 e. The minimum atomic E-state index is -0.250. The number of hydrogen-bond acceptors (Lipinski definition) is 2. The predicted molar refractivity (Wildman–Crippen MR) is 69.8 cm³/mol. The van der Waals surface area contributed by atoms with Crippen molar-refractivity contribution in [1.29, 1.82) is 0 Å². The smallest absolute Gasteiger partial charge is 0.0709 e. The molecule has 0 bridgehead atoms. The van der Waals surface area contributed by atoms with Crippen molar-refractivity contribution in [2.24, 2.45) is 0 Å². The van der Waals surface area contributed by atoms with Crippen molar-refractivity contribution in [3.63, 3.8) is 0 Å². The van der Waals surface area contributed by atoms with Gasteiger partial charge < -0.3 is 10.4 Å². The molecule has 0 fully saturated rings. The fraction of sp³-hybridized carbons (Fsp3) is 0.571. The normalized spacial score (nSPS) is 12.4. The van der Waals surface area contributed by atoms with Gasteiger partial charge in [-0.25, -0.2) is 0 Å². The highest BCUT2D eigenvalue weighted by Crippen LogP contribution is 2.11. The first-order chi connectivity index (χ1) is 7.76. The third-order valence-electron chi connectivity index (χ3n) is 2.79. The lowest BCUT2D eigenvalue weighted by molar-refractivity contribution is 0.183. The van der Waals surface area contributed by atoms with Crippen molar-refractivity contribution in [3.05, 3.63) is 29.8 Å². The first-order valence-electron chi connectivity index (χ1n) is 6.27.